The van der Waals surface area contributed by atoms with Gasteiger partial charge in [0.15, 0.2) is 0 Å². The molecule has 0 saturated heterocycles. The van der Waals surface area contributed by atoms with Crippen LogP contribution in [0.25, 0.3) is 0 Å². The van der Waals surface area contributed by atoms with Gasteiger partial charge in [-0.3, -0.25) is 10.1 Å². The molecule has 2 aromatic carbocycles. The van der Waals surface area contributed by atoms with Gasteiger partial charge in [-0.05, 0) is 25.0 Å². The Morgan fingerprint density at radius 3 is 2.62 bits per heavy atom. The Balaban J connectivity index is 2.46. The monoisotopic (exact) mass is 287 g/mol. The Morgan fingerprint density at radius 2 is 1.95 bits per heavy atom. The van der Waals surface area contributed by atoms with Crippen LogP contribution in [0.15, 0.2) is 42.5 Å². The number of aliphatic hydroxyl groups excluding tert-OH is 1. The molecule has 2 rings (SSSR count). The molecule has 0 amide bonds. The normalized spacial score (nSPS) is 12.0. The number of hydrogen-bond acceptors (Lipinski definition) is 4. The number of hydrogen-bond donors (Lipinski definition) is 1. The van der Waals surface area contributed by atoms with E-state index in [9.17, 15) is 15.2 Å². The number of ether oxygens (including phenoxy) is 1. The second kappa shape index (κ2) is 6.37. The van der Waals surface area contributed by atoms with Crippen molar-refractivity contribution < 1.29 is 14.8 Å². The Labute approximate surface area is 123 Å². The molecule has 0 spiro atoms. The molecule has 0 saturated carbocycles. The molecule has 0 bridgehead atoms. The lowest BCUT2D eigenvalue weighted by molar-refractivity contribution is -0.385. The van der Waals surface area contributed by atoms with E-state index in [1.54, 1.807) is 43.3 Å². The van der Waals surface area contributed by atoms with Gasteiger partial charge in [0.2, 0.25) is 5.75 Å². The zero-order valence-corrected chi connectivity index (χ0v) is 11.9. The van der Waals surface area contributed by atoms with E-state index in [1.165, 1.54) is 6.07 Å². The second-order valence-corrected chi connectivity index (χ2v) is 4.74. The maximum Gasteiger partial charge on any atom is 0.311 e. The highest BCUT2D eigenvalue weighted by molar-refractivity contribution is 5.54. The summed E-state index contributed by atoms with van der Waals surface area (Å²) in [5.74, 6) is 0.641. The van der Waals surface area contributed by atoms with E-state index in [0.29, 0.717) is 23.3 Å². The highest BCUT2D eigenvalue weighted by Crippen LogP contribution is 2.37. The smallest absolute Gasteiger partial charge is 0.311 e. The van der Waals surface area contributed by atoms with Crippen LogP contribution in [0.4, 0.5) is 5.69 Å². The summed E-state index contributed by atoms with van der Waals surface area (Å²) in [6.45, 7) is 3.61. The molecule has 0 fully saturated rings. The molecule has 21 heavy (non-hydrogen) atoms. The SMILES string of the molecule is CCC(O)c1ccccc1Oc1c(C)cccc1[N+](=O)[O-]. The Bertz CT molecular complexity index is 654. The second-order valence-electron chi connectivity index (χ2n) is 4.74. The van der Waals surface area contributed by atoms with Gasteiger partial charge >= 0.3 is 5.69 Å². The average molecular weight is 287 g/mol. The van der Waals surface area contributed by atoms with Crippen molar-refractivity contribution in [3.05, 3.63) is 63.7 Å². The summed E-state index contributed by atoms with van der Waals surface area (Å²) in [6, 6.07) is 11.8. The summed E-state index contributed by atoms with van der Waals surface area (Å²) < 4.78 is 5.75. The molecular formula is C16H17NO4. The van der Waals surface area contributed by atoms with Crippen molar-refractivity contribution in [3.8, 4) is 11.5 Å². The number of rotatable bonds is 5. The molecule has 0 aliphatic heterocycles. The summed E-state index contributed by atoms with van der Waals surface area (Å²) in [5, 5.41) is 21.1. The van der Waals surface area contributed by atoms with Crippen molar-refractivity contribution in [2.45, 2.75) is 26.4 Å². The lowest BCUT2D eigenvalue weighted by Gasteiger charge is -2.15. The zero-order chi connectivity index (χ0) is 15.4. The van der Waals surface area contributed by atoms with Crippen LogP contribution < -0.4 is 4.74 Å². The van der Waals surface area contributed by atoms with E-state index in [0.717, 1.165) is 0 Å². The van der Waals surface area contributed by atoms with Crippen LogP contribution in [0, 0.1) is 17.0 Å². The number of para-hydroxylation sites is 2. The van der Waals surface area contributed by atoms with Crippen molar-refractivity contribution in [3.63, 3.8) is 0 Å². The Hall–Kier alpha value is -2.40. The fourth-order valence-electron chi connectivity index (χ4n) is 2.09. The lowest BCUT2D eigenvalue weighted by Crippen LogP contribution is -2.01. The molecule has 1 unspecified atom stereocenters. The molecule has 0 radical (unpaired) electrons. The molecule has 110 valence electrons. The third kappa shape index (κ3) is 3.20. The number of nitro groups is 1. The molecule has 2 aromatic rings. The zero-order valence-electron chi connectivity index (χ0n) is 11.9. The summed E-state index contributed by atoms with van der Waals surface area (Å²) in [7, 11) is 0. The number of benzene rings is 2. The minimum atomic E-state index is -0.663. The van der Waals surface area contributed by atoms with Crippen molar-refractivity contribution in [2.24, 2.45) is 0 Å². The van der Waals surface area contributed by atoms with E-state index in [2.05, 4.69) is 0 Å². The first-order valence-corrected chi connectivity index (χ1v) is 6.73. The van der Waals surface area contributed by atoms with Gasteiger partial charge in [-0.25, -0.2) is 0 Å². The van der Waals surface area contributed by atoms with E-state index in [-0.39, 0.29) is 11.4 Å². The molecule has 0 aliphatic carbocycles. The average Bonchev–Trinajstić information content (AvgIpc) is 2.48. The number of nitro benzene ring substituents is 1. The minimum absolute atomic E-state index is 0.0872. The van der Waals surface area contributed by atoms with Crippen molar-refractivity contribution >= 4 is 5.69 Å². The van der Waals surface area contributed by atoms with Crippen LogP contribution in [0.3, 0.4) is 0 Å². The highest BCUT2D eigenvalue weighted by atomic mass is 16.6. The molecule has 1 N–H and O–H groups in total. The van der Waals surface area contributed by atoms with Crippen LogP contribution in [-0.4, -0.2) is 10.0 Å². The molecule has 0 heterocycles. The molecule has 5 nitrogen and oxygen atoms in total. The first kappa shape index (κ1) is 15.0. The Morgan fingerprint density at radius 1 is 1.24 bits per heavy atom. The topological polar surface area (TPSA) is 72.6 Å². The van der Waals surface area contributed by atoms with Crippen LogP contribution >= 0.6 is 0 Å². The fourth-order valence-corrected chi connectivity index (χ4v) is 2.09. The first-order valence-electron chi connectivity index (χ1n) is 6.73. The van der Waals surface area contributed by atoms with E-state index in [4.69, 9.17) is 4.74 Å². The number of nitrogens with zero attached hydrogens (tertiary/aromatic N) is 1. The maximum atomic E-state index is 11.1. The predicted molar refractivity (Wildman–Crippen MR) is 79.6 cm³/mol. The van der Waals surface area contributed by atoms with Gasteiger partial charge in [-0.2, -0.15) is 0 Å². The third-order valence-electron chi connectivity index (χ3n) is 3.26. The van der Waals surface area contributed by atoms with E-state index < -0.39 is 11.0 Å². The van der Waals surface area contributed by atoms with Crippen molar-refractivity contribution in [1.29, 1.82) is 0 Å². The predicted octanol–water partition coefficient (Wildman–Crippen LogP) is 4.14. The summed E-state index contributed by atoms with van der Waals surface area (Å²) >= 11 is 0. The van der Waals surface area contributed by atoms with Crippen LogP contribution in [0.2, 0.25) is 0 Å². The summed E-state index contributed by atoms with van der Waals surface area (Å²) in [6.07, 6.45) is -0.125. The van der Waals surface area contributed by atoms with Gasteiger partial charge < -0.3 is 9.84 Å². The van der Waals surface area contributed by atoms with Crippen molar-refractivity contribution in [1.82, 2.24) is 0 Å². The summed E-state index contributed by atoms with van der Waals surface area (Å²) in [5.41, 5.74) is 1.21. The van der Waals surface area contributed by atoms with Gasteiger partial charge in [0.1, 0.15) is 5.75 Å². The minimum Gasteiger partial charge on any atom is -0.449 e. The third-order valence-corrected chi connectivity index (χ3v) is 3.26. The molecule has 0 aliphatic rings. The van der Waals surface area contributed by atoms with Gasteiger partial charge in [-0.1, -0.05) is 37.3 Å². The standard InChI is InChI=1S/C16H17NO4/c1-3-14(18)12-8-4-5-10-15(12)21-16-11(2)7-6-9-13(16)17(19)20/h4-10,14,18H,3H2,1-2H3. The molecule has 1 atom stereocenters. The number of aliphatic hydroxyl groups is 1. The van der Waals surface area contributed by atoms with Crippen LogP contribution in [-0.2, 0) is 0 Å². The molecule has 0 aromatic heterocycles. The maximum absolute atomic E-state index is 11.1. The highest BCUT2D eigenvalue weighted by Gasteiger charge is 2.20. The quantitative estimate of drug-likeness (QED) is 0.662. The van der Waals surface area contributed by atoms with E-state index >= 15 is 0 Å². The van der Waals surface area contributed by atoms with Gasteiger partial charge in [0, 0.05) is 11.6 Å². The van der Waals surface area contributed by atoms with Gasteiger partial charge in [0.05, 0.1) is 11.0 Å². The van der Waals surface area contributed by atoms with Crippen LogP contribution in [0.5, 0.6) is 11.5 Å². The lowest BCUT2D eigenvalue weighted by atomic mass is 10.1. The number of aryl methyl sites for hydroxylation is 1. The fraction of sp³-hybridized carbons (Fsp3) is 0.250. The van der Waals surface area contributed by atoms with Crippen molar-refractivity contribution in [2.75, 3.05) is 0 Å². The first-order chi connectivity index (χ1) is 10.0. The van der Waals surface area contributed by atoms with E-state index in [1.807, 2.05) is 6.92 Å². The van der Waals surface area contributed by atoms with Gasteiger partial charge in [0.25, 0.3) is 0 Å². The summed E-state index contributed by atoms with van der Waals surface area (Å²) in [4.78, 5) is 10.6. The molecular weight excluding hydrogens is 270 g/mol. The Kier molecular flexibility index (Phi) is 4.55. The molecule has 5 heteroatoms. The largest absolute Gasteiger partial charge is 0.449 e. The van der Waals surface area contributed by atoms with Crippen LogP contribution in [0.1, 0.15) is 30.6 Å². The van der Waals surface area contributed by atoms with Gasteiger partial charge in [-0.15, -0.1) is 0 Å².